The van der Waals surface area contributed by atoms with E-state index < -0.39 is 0 Å². The van der Waals surface area contributed by atoms with E-state index in [-0.39, 0.29) is 5.95 Å². The molecular weight excluding hydrogens is 174 g/mol. The smallest absolute Gasteiger partial charge is 0.223 e. The molecule has 5 nitrogen and oxygen atoms in total. The van der Waals surface area contributed by atoms with Crippen LogP contribution in [-0.4, -0.2) is 15.7 Å². The summed E-state index contributed by atoms with van der Waals surface area (Å²) in [6.45, 7) is 2.04. The van der Waals surface area contributed by atoms with Crippen LogP contribution in [0.3, 0.4) is 0 Å². The summed E-state index contributed by atoms with van der Waals surface area (Å²) in [6.07, 6.45) is 0. The lowest BCUT2D eigenvalue weighted by molar-refractivity contribution is 1.05. The van der Waals surface area contributed by atoms with E-state index in [1.165, 1.54) is 0 Å². The average molecular weight is 185 g/mol. The summed E-state index contributed by atoms with van der Waals surface area (Å²) in [6, 6.07) is 1.75. The Labute approximate surface area is 74.9 Å². The number of rotatable bonds is 3. The van der Waals surface area contributed by atoms with Gasteiger partial charge in [-0.1, -0.05) is 6.92 Å². The molecule has 0 saturated heterocycles. The van der Waals surface area contributed by atoms with Crippen LogP contribution in [0.1, 0.15) is 6.92 Å². The molecule has 0 aromatic carbocycles. The van der Waals surface area contributed by atoms with Crippen molar-refractivity contribution in [3.8, 4) is 0 Å². The topological polar surface area (TPSA) is 89.8 Å². The van der Waals surface area contributed by atoms with Gasteiger partial charge in [0.1, 0.15) is 10.8 Å². The van der Waals surface area contributed by atoms with Gasteiger partial charge in [-0.05, 0) is 5.75 Å². The highest BCUT2D eigenvalue weighted by atomic mass is 32.2. The molecule has 12 heavy (non-hydrogen) atoms. The standard InChI is InChI=1S/C6H11N5S/c1-2-12-5-3-4(11-8)9-6(7)10-5/h3H,2,8H2,1H3,(H3,7,9,10,11). The predicted molar refractivity (Wildman–Crippen MR) is 50.7 cm³/mol. The number of nitrogens with zero attached hydrogens (tertiary/aromatic N) is 2. The highest BCUT2D eigenvalue weighted by molar-refractivity contribution is 7.99. The number of nitrogens with one attached hydrogen (secondary N) is 1. The molecule has 1 rings (SSSR count). The first-order valence-electron chi connectivity index (χ1n) is 3.50. The molecule has 1 aromatic rings. The molecule has 0 saturated carbocycles. The van der Waals surface area contributed by atoms with Crippen LogP contribution in [0.5, 0.6) is 0 Å². The Kier molecular flexibility index (Phi) is 3.12. The molecular formula is C6H11N5S. The van der Waals surface area contributed by atoms with Crippen molar-refractivity contribution in [2.24, 2.45) is 5.84 Å². The SMILES string of the molecule is CCSc1cc(NN)nc(N)n1. The number of aromatic nitrogens is 2. The molecule has 0 atom stereocenters. The van der Waals surface area contributed by atoms with Crippen molar-refractivity contribution < 1.29 is 0 Å². The fourth-order valence-corrected chi connectivity index (χ4v) is 1.39. The molecule has 0 unspecified atom stereocenters. The van der Waals surface area contributed by atoms with Crippen LogP contribution in [-0.2, 0) is 0 Å². The lowest BCUT2D eigenvalue weighted by Crippen LogP contribution is -2.10. The molecule has 6 heteroatoms. The van der Waals surface area contributed by atoms with Crippen molar-refractivity contribution in [1.29, 1.82) is 0 Å². The van der Waals surface area contributed by atoms with E-state index in [9.17, 15) is 0 Å². The third-order valence-corrected chi connectivity index (χ3v) is 1.95. The second-order valence-corrected chi connectivity index (χ2v) is 3.31. The quantitative estimate of drug-likeness (QED) is 0.274. The molecule has 0 bridgehead atoms. The van der Waals surface area contributed by atoms with Crippen molar-refractivity contribution in [2.45, 2.75) is 11.9 Å². The van der Waals surface area contributed by atoms with Crippen LogP contribution in [0.4, 0.5) is 11.8 Å². The summed E-state index contributed by atoms with van der Waals surface area (Å²) in [7, 11) is 0. The maximum absolute atomic E-state index is 5.43. The average Bonchev–Trinajstić information content (AvgIpc) is 2.04. The number of hydrazine groups is 1. The van der Waals surface area contributed by atoms with Gasteiger partial charge >= 0.3 is 0 Å². The minimum atomic E-state index is 0.237. The Morgan fingerprint density at radius 3 is 2.92 bits per heavy atom. The van der Waals surface area contributed by atoms with E-state index in [1.807, 2.05) is 6.92 Å². The zero-order valence-electron chi connectivity index (χ0n) is 6.74. The van der Waals surface area contributed by atoms with Crippen molar-refractivity contribution >= 4 is 23.5 Å². The van der Waals surface area contributed by atoms with Gasteiger partial charge in [0.2, 0.25) is 5.95 Å². The zero-order valence-corrected chi connectivity index (χ0v) is 7.56. The summed E-state index contributed by atoms with van der Waals surface area (Å²) in [5.41, 5.74) is 7.86. The summed E-state index contributed by atoms with van der Waals surface area (Å²) in [5.74, 6) is 6.90. The molecule has 1 aromatic heterocycles. The normalized spacial score (nSPS) is 9.83. The summed E-state index contributed by atoms with van der Waals surface area (Å²) >= 11 is 1.59. The van der Waals surface area contributed by atoms with Gasteiger partial charge in [-0.3, -0.25) is 0 Å². The molecule has 0 fully saturated rings. The summed E-state index contributed by atoms with van der Waals surface area (Å²) < 4.78 is 0. The van der Waals surface area contributed by atoms with Gasteiger partial charge in [0.25, 0.3) is 0 Å². The van der Waals surface area contributed by atoms with E-state index in [0.717, 1.165) is 10.8 Å². The van der Waals surface area contributed by atoms with Crippen LogP contribution in [0.2, 0.25) is 0 Å². The molecule has 1 heterocycles. The van der Waals surface area contributed by atoms with Gasteiger partial charge in [0, 0.05) is 6.07 Å². The Balaban J connectivity index is 2.90. The van der Waals surface area contributed by atoms with Gasteiger partial charge in [-0.2, -0.15) is 4.98 Å². The van der Waals surface area contributed by atoms with Gasteiger partial charge in [-0.15, -0.1) is 11.8 Å². The third kappa shape index (κ3) is 2.24. The van der Waals surface area contributed by atoms with E-state index in [1.54, 1.807) is 17.8 Å². The van der Waals surface area contributed by atoms with Crippen LogP contribution in [0.15, 0.2) is 11.1 Å². The van der Waals surface area contributed by atoms with Gasteiger partial charge < -0.3 is 11.2 Å². The van der Waals surface area contributed by atoms with Crippen LogP contribution < -0.4 is 17.0 Å². The zero-order chi connectivity index (χ0) is 8.97. The molecule has 0 spiro atoms. The molecule has 0 amide bonds. The molecule has 66 valence electrons. The number of anilines is 2. The maximum atomic E-state index is 5.43. The van der Waals surface area contributed by atoms with Crippen molar-refractivity contribution in [2.75, 3.05) is 16.9 Å². The van der Waals surface area contributed by atoms with Crippen LogP contribution >= 0.6 is 11.8 Å². The molecule has 0 aliphatic carbocycles. The molecule has 5 N–H and O–H groups in total. The first kappa shape index (κ1) is 9.08. The summed E-state index contributed by atoms with van der Waals surface area (Å²) in [5, 5.41) is 0.831. The van der Waals surface area contributed by atoms with Crippen LogP contribution in [0, 0.1) is 0 Å². The molecule has 0 radical (unpaired) electrons. The van der Waals surface area contributed by atoms with Gasteiger partial charge in [-0.25, -0.2) is 10.8 Å². The predicted octanol–water partition coefficient (Wildman–Crippen LogP) is 0.456. The number of hydrogen-bond acceptors (Lipinski definition) is 6. The first-order chi connectivity index (χ1) is 5.76. The van der Waals surface area contributed by atoms with E-state index in [4.69, 9.17) is 11.6 Å². The Bertz CT molecular complexity index is 264. The van der Waals surface area contributed by atoms with E-state index in [2.05, 4.69) is 15.4 Å². The second-order valence-electron chi connectivity index (χ2n) is 2.03. The van der Waals surface area contributed by atoms with Crippen molar-refractivity contribution in [1.82, 2.24) is 9.97 Å². The third-order valence-electron chi connectivity index (χ3n) is 1.16. The van der Waals surface area contributed by atoms with Crippen molar-refractivity contribution in [3.05, 3.63) is 6.07 Å². The minimum Gasteiger partial charge on any atom is -0.368 e. The highest BCUT2D eigenvalue weighted by Crippen LogP contribution is 2.17. The fourth-order valence-electron chi connectivity index (χ4n) is 0.739. The Morgan fingerprint density at radius 2 is 2.33 bits per heavy atom. The number of hydrogen-bond donors (Lipinski definition) is 3. The second kappa shape index (κ2) is 4.13. The maximum Gasteiger partial charge on any atom is 0.223 e. The van der Waals surface area contributed by atoms with E-state index in [0.29, 0.717) is 5.82 Å². The van der Waals surface area contributed by atoms with Crippen LogP contribution in [0.25, 0.3) is 0 Å². The van der Waals surface area contributed by atoms with E-state index >= 15 is 0 Å². The lowest BCUT2D eigenvalue weighted by atomic mass is 10.6. The Hall–Kier alpha value is -1.01. The lowest BCUT2D eigenvalue weighted by Gasteiger charge is -2.02. The molecule has 0 aliphatic heterocycles. The Morgan fingerprint density at radius 1 is 1.58 bits per heavy atom. The van der Waals surface area contributed by atoms with Gasteiger partial charge in [0.15, 0.2) is 0 Å². The monoisotopic (exact) mass is 185 g/mol. The first-order valence-corrected chi connectivity index (χ1v) is 4.48. The fraction of sp³-hybridized carbons (Fsp3) is 0.333. The highest BCUT2D eigenvalue weighted by Gasteiger charge is 1.99. The number of thioether (sulfide) groups is 1. The van der Waals surface area contributed by atoms with Crippen molar-refractivity contribution in [3.63, 3.8) is 0 Å². The largest absolute Gasteiger partial charge is 0.368 e. The summed E-state index contributed by atoms with van der Waals surface area (Å²) in [4.78, 5) is 7.86. The number of nitrogens with two attached hydrogens (primary N) is 2. The van der Waals surface area contributed by atoms with Gasteiger partial charge in [0.05, 0.1) is 0 Å². The minimum absolute atomic E-state index is 0.237. The molecule has 0 aliphatic rings. The number of nitrogen functional groups attached to an aromatic ring is 2.